The zero-order chi connectivity index (χ0) is 23.9. The molecule has 1 saturated heterocycles. The number of ether oxygens (including phenoxy) is 2. The molecule has 0 saturated carbocycles. The molecule has 1 fully saturated rings. The van der Waals surface area contributed by atoms with E-state index in [-0.39, 0.29) is 18.6 Å². The van der Waals surface area contributed by atoms with E-state index in [1.165, 1.54) is 0 Å². The van der Waals surface area contributed by atoms with Crippen LogP contribution in [0.25, 0.3) is 11.4 Å². The van der Waals surface area contributed by atoms with Crippen LogP contribution in [0.4, 0.5) is 0 Å². The SMILES string of the molecule is O=C(COc1ccccc1)N1CCCC[C@@H]1c1nc(-c2ccc(OCc3ccccc3)nc2)no1. The van der Waals surface area contributed by atoms with Gasteiger partial charge in [0.15, 0.2) is 6.61 Å². The topological polar surface area (TPSA) is 90.6 Å². The number of pyridine rings is 1. The van der Waals surface area contributed by atoms with Crippen molar-refractivity contribution in [3.05, 3.63) is 90.4 Å². The highest BCUT2D eigenvalue weighted by Crippen LogP contribution is 2.31. The number of rotatable bonds is 8. The third-order valence-electron chi connectivity index (χ3n) is 5.88. The van der Waals surface area contributed by atoms with Gasteiger partial charge in [-0.3, -0.25) is 4.79 Å². The van der Waals surface area contributed by atoms with Crippen molar-refractivity contribution in [2.24, 2.45) is 0 Å². The minimum absolute atomic E-state index is 0.0319. The van der Waals surface area contributed by atoms with Gasteiger partial charge in [0, 0.05) is 24.4 Å². The number of nitrogens with zero attached hydrogens (tertiary/aromatic N) is 4. The predicted molar refractivity (Wildman–Crippen MR) is 129 cm³/mol. The van der Waals surface area contributed by atoms with E-state index in [2.05, 4.69) is 15.1 Å². The van der Waals surface area contributed by atoms with E-state index in [0.717, 1.165) is 24.8 Å². The molecule has 2 aromatic heterocycles. The van der Waals surface area contributed by atoms with Gasteiger partial charge in [-0.1, -0.05) is 53.7 Å². The zero-order valence-corrected chi connectivity index (χ0v) is 19.2. The summed E-state index contributed by atoms with van der Waals surface area (Å²) in [6.45, 7) is 1.04. The Hall–Kier alpha value is -4.20. The van der Waals surface area contributed by atoms with Crippen LogP contribution in [-0.2, 0) is 11.4 Å². The third kappa shape index (κ3) is 5.66. The summed E-state index contributed by atoms with van der Waals surface area (Å²) in [5.74, 6) is 1.94. The quantitative estimate of drug-likeness (QED) is 0.364. The van der Waals surface area contributed by atoms with Crippen molar-refractivity contribution in [3.63, 3.8) is 0 Å². The number of benzene rings is 2. The van der Waals surface area contributed by atoms with E-state index in [1.807, 2.05) is 66.7 Å². The van der Waals surface area contributed by atoms with Crippen LogP contribution in [0.5, 0.6) is 11.6 Å². The molecule has 3 heterocycles. The first-order valence-electron chi connectivity index (χ1n) is 11.7. The Morgan fingerprint density at radius 2 is 1.77 bits per heavy atom. The summed E-state index contributed by atoms with van der Waals surface area (Å²) in [7, 11) is 0. The van der Waals surface area contributed by atoms with Gasteiger partial charge in [0.25, 0.3) is 5.91 Å². The van der Waals surface area contributed by atoms with Gasteiger partial charge in [0.05, 0.1) is 0 Å². The van der Waals surface area contributed by atoms with E-state index in [0.29, 0.717) is 42.1 Å². The smallest absolute Gasteiger partial charge is 0.261 e. The lowest BCUT2D eigenvalue weighted by molar-refractivity contribution is -0.138. The molecule has 8 nitrogen and oxygen atoms in total. The maximum atomic E-state index is 12.9. The van der Waals surface area contributed by atoms with Crippen molar-refractivity contribution in [2.45, 2.75) is 31.9 Å². The highest BCUT2D eigenvalue weighted by atomic mass is 16.5. The van der Waals surface area contributed by atoms with E-state index in [4.69, 9.17) is 14.0 Å². The first-order valence-corrected chi connectivity index (χ1v) is 11.7. The summed E-state index contributed by atoms with van der Waals surface area (Å²) in [4.78, 5) is 23.6. The van der Waals surface area contributed by atoms with Gasteiger partial charge < -0.3 is 18.9 Å². The lowest BCUT2D eigenvalue weighted by Gasteiger charge is -2.33. The highest BCUT2D eigenvalue weighted by molar-refractivity contribution is 5.78. The molecule has 4 aromatic rings. The molecule has 0 unspecified atom stereocenters. The summed E-state index contributed by atoms with van der Waals surface area (Å²) in [5, 5.41) is 4.14. The van der Waals surface area contributed by atoms with Crippen LogP contribution in [0.15, 0.2) is 83.5 Å². The van der Waals surface area contributed by atoms with E-state index in [1.54, 1.807) is 17.2 Å². The van der Waals surface area contributed by atoms with E-state index < -0.39 is 0 Å². The van der Waals surface area contributed by atoms with Crippen molar-refractivity contribution < 1.29 is 18.8 Å². The number of hydrogen-bond acceptors (Lipinski definition) is 7. The Bertz CT molecular complexity index is 1230. The number of carbonyl (C=O) groups is 1. The van der Waals surface area contributed by atoms with Crippen LogP contribution in [0.2, 0.25) is 0 Å². The fraction of sp³-hybridized carbons (Fsp3) is 0.259. The fourth-order valence-corrected chi connectivity index (χ4v) is 4.05. The maximum absolute atomic E-state index is 12.9. The largest absolute Gasteiger partial charge is 0.484 e. The Morgan fingerprint density at radius 3 is 2.54 bits per heavy atom. The number of aromatic nitrogens is 3. The standard InChI is InChI=1S/C27H26N4O4/c32-25(19-33-22-11-5-2-6-12-22)31-16-8-7-13-23(31)27-29-26(30-35-27)21-14-15-24(28-17-21)34-18-20-9-3-1-4-10-20/h1-6,9-12,14-15,17,23H,7-8,13,16,18-19H2/t23-/m1/s1. The van der Waals surface area contributed by atoms with Gasteiger partial charge in [0.2, 0.25) is 17.6 Å². The van der Waals surface area contributed by atoms with Gasteiger partial charge in [-0.2, -0.15) is 4.98 Å². The number of likely N-dealkylation sites (tertiary alicyclic amines) is 1. The predicted octanol–water partition coefficient (Wildman–Crippen LogP) is 4.84. The second kappa shape index (κ2) is 10.8. The van der Waals surface area contributed by atoms with Crippen LogP contribution < -0.4 is 9.47 Å². The molecule has 8 heteroatoms. The molecule has 5 rings (SSSR count). The molecule has 178 valence electrons. The summed E-state index contributed by atoms with van der Waals surface area (Å²) in [6.07, 6.45) is 4.35. The molecular weight excluding hydrogens is 444 g/mol. The normalized spacial score (nSPS) is 15.5. The second-order valence-corrected chi connectivity index (χ2v) is 8.32. The third-order valence-corrected chi connectivity index (χ3v) is 5.88. The van der Waals surface area contributed by atoms with Crippen LogP contribution in [0, 0.1) is 0 Å². The monoisotopic (exact) mass is 470 g/mol. The number of carbonyl (C=O) groups excluding carboxylic acids is 1. The minimum Gasteiger partial charge on any atom is -0.484 e. The number of amides is 1. The van der Waals surface area contributed by atoms with Crippen molar-refractivity contribution in [1.29, 1.82) is 0 Å². The molecule has 0 spiro atoms. The molecule has 1 amide bonds. The molecule has 35 heavy (non-hydrogen) atoms. The Kier molecular flexibility index (Phi) is 6.98. The number of hydrogen-bond donors (Lipinski definition) is 0. The van der Waals surface area contributed by atoms with Gasteiger partial charge in [-0.05, 0) is 43.0 Å². The first-order chi connectivity index (χ1) is 17.3. The van der Waals surface area contributed by atoms with Crippen LogP contribution in [0.1, 0.15) is 36.8 Å². The highest BCUT2D eigenvalue weighted by Gasteiger charge is 2.32. The Balaban J connectivity index is 1.23. The van der Waals surface area contributed by atoms with Crippen molar-refractivity contribution in [2.75, 3.05) is 13.2 Å². The molecule has 1 atom stereocenters. The lowest BCUT2D eigenvalue weighted by atomic mass is 10.0. The van der Waals surface area contributed by atoms with Crippen LogP contribution in [0.3, 0.4) is 0 Å². The molecule has 0 N–H and O–H groups in total. The average Bonchev–Trinajstić information content (AvgIpc) is 3.42. The molecule has 0 aliphatic carbocycles. The van der Waals surface area contributed by atoms with Crippen LogP contribution in [-0.4, -0.2) is 39.1 Å². The van der Waals surface area contributed by atoms with Gasteiger partial charge >= 0.3 is 0 Å². The second-order valence-electron chi connectivity index (χ2n) is 8.32. The molecule has 1 aliphatic rings. The van der Waals surface area contributed by atoms with E-state index in [9.17, 15) is 4.79 Å². The molecule has 0 bridgehead atoms. The summed E-state index contributed by atoms with van der Waals surface area (Å²) >= 11 is 0. The van der Waals surface area contributed by atoms with E-state index >= 15 is 0 Å². The lowest BCUT2D eigenvalue weighted by Crippen LogP contribution is -2.41. The molecule has 1 aliphatic heterocycles. The maximum Gasteiger partial charge on any atom is 0.261 e. The average molecular weight is 471 g/mol. The Labute approximate surface area is 203 Å². The van der Waals surface area contributed by atoms with Gasteiger partial charge in [0.1, 0.15) is 18.4 Å². The molecule has 2 aromatic carbocycles. The summed E-state index contributed by atoms with van der Waals surface area (Å²) in [5.41, 5.74) is 1.79. The van der Waals surface area contributed by atoms with Gasteiger partial charge in [-0.25, -0.2) is 4.98 Å². The fourth-order valence-electron chi connectivity index (χ4n) is 4.05. The summed E-state index contributed by atoms with van der Waals surface area (Å²) < 4.78 is 17.0. The Morgan fingerprint density at radius 1 is 0.971 bits per heavy atom. The van der Waals surface area contributed by atoms with Crippen molar-refractivity contribution >= 4 is 5.91 Å². The van der Waals surface area contributed by atoms with Crippen molar-refractivity contribution in [1.82, 2.24) is 20.0 Å². The van der Waals surface area contributed by atoms with Crippen molar-refractivity contribution in [3.8, 4) is 23.0 Å². The number of piperidine rings is 1. The zero-order valence-electron chi connectivity index (χ0n) is 19.2. The number of para-hydroxylation sites is 1. The molecular formula is C27H26N4O4. The first kappa shape index (κ1) is 22.6. The molecule has 0 radical (unpaired) electrons. The van der Waals surface area contributed by atoms with Crippen LogP contribution >= 0.6 is 0 Å². The summed E-state index contributed by atoms with van der Waals surface area (Å²) in [6, 6.07) is 22.6. The van der Waals surface area contributed by atoms with Gasteiger partial charge in [-0.15, -0.1) is 0 Å². The minimum atomic E-state index is -0.265.